The second-order valence-corrected chi connectivity index (χ2v) is 13.0. The van der Waals surface area contributed by atoms with E-state index in [0.717, 1.165) is 88.7 Å². The summed E-state index contributed by atoms with van der Waals surface area (Å²) in [4.78, 5) is 10.5. The van der Waals surface area contributed by atoms with Crippen LogP contribution in [-0.4, -0.2) is 14.5 Å². The van der Waals surface area contributed by atoms with Gasteiger partial charge in [0.2, 0.25) is 0 Å². The lowest BCUT2D eigenvalue weighted by molar-refractivity contribution is 0.668. The summed E-state index contributed by atoms with van der Waals surface area (Å²) in [6, 6.07) is 56.7. The van der Waals surface area contributed by atoms with Crippen LogP contribution in [0.2, 0.25) is 0 Å². The van der Waals surface area contributed by atoms with Crippen molar-refractivity contribution in [2.24, 2.45) is 0 Å². The summed E-state index contributed by atoms with van der Waals surface area (Å²) in [6.45, 7) is 0. The minimum atomic E-state index is 0.652. The maximum absolute atomic E-state index is 6.16. The Balaban J connectivity index is 1.13. The molecule has 0 aliphatic heterocycles. The van der Waals surface area contributed by atoms with E-state index in [2.05, 4.69) is 120 Å². The first kappa shape index (κ1) is 27.9. The first-order chi connectivity index (χ1) is 25.2. The SMILES string of the molecule is c1cc(-c2nc(-c3ccc4oc5ccccc5c4c3)cc(-c3ccc4oc5ccccc5c4c3)n2)cc(-n2c3ccccc3c3ccccc32)c1. The van der Waals surface area contributed by atoms with Crippen molar-refractivity contribution in [2.45, 2.75) is 0 Å². The topological polar surface area (TPSA) is 57.0 Å². The van der Waals surface area contributed by atoms with E-state index in [0.29, 0.717) is 5.82 Å². The van der Waals surface area contributed by atoms with Crippen LogP contribution in [0.3, 0.4) is 0 Å². The van der Waals surface area contributed by atoms with E-state index >= 15 is 0 Å². The Morgan fingerprint density at radius 1 is 0.353 bits per heavy atom. The predicted molar refractivity (Wildman–Crippen MR) is 207 cm³/mol. The first-order valence-corrected chi connectivity index (χ1v) is 17.1. The smallest absolute Gasteiger partial charge is 0.160 e. The van der Waals surface area contributed by atoms with E-state index in [4.69, 9.17) is 18.8 Å². The molecule has 5 heteroatoms. The van der Waals surface area contributed by atoms with Crippen molar-refractivity contribution in [3.05, 3.63) is 164 Å². The van der Waals surface area contributed by atoms with Gasteiger partial charge in [-0.2, -0.15) is 0 Å². The standard InChI is InChI=1S/C46H27N3O2/c1-5-16-40-32(12-1)33-13-2-6-17-41(33)49(40)31-11-9-10-30(24-31)46-47-38(28-20-22-44-36(25-28)34-14-3-7-18-42(34)50-44)27-39(48-46)29-21-23-45-37(26-29)35-15-4-8-19-43(35)51-45/h1-27H. The molecule has 7 aromatic carbocycles. The molecule has 0 unspecified atom stereocenters. The maximum Gasteiger partial charge on any atom is 0.160 e. The summed E-state index contributed by atoms with van der Waals surface area (Å²) in [7, 11) is 0. The van der Waals surface area contributed by atoms with Gasteiger partial charge in [0.15, 0.2) is 5.82 Å². The molecule has 5 nitrogen and oxygen atoms in total. The summed E-state index contributed by atoms with van der Waals surface area (Å²) in [5.41, 5.74) is 11.4. The Morgan fingerprint density at radius 3 is 1.41 bits per heavy atom. The normalized spacial score (nSPS) is 11.9. The van der Waals surface area contributed by atoms with Gasteiger partial charge in [0, 0.05) is 54.7 Å². The van der Waals surface area contributed by atoms with Gasteiger partial charge in [-0.1, -0.05) is 84.9 Å². The Bertz CT molecular complexity index is 2980. The van der Waals surface area contributed by atoms with Crippen LogP contribution in [0.15, 0.2) is 173 Å². The molecule has 0 aliphatic carbocycles. The largest absolute Gasteiger partial charge is 0.456 e. The number of hydrogen-bond acceptors (Lipinski definition) is 4. The molecule has 0 spiro atoms. The summed E-state index contributed by atoms with van der Waals surface area (Å²) < 4.78 is 14.7. The van der Waals surface area contributed by atoms with Gasteiger partial charge in [-0.25, -0.2) is 9.97 Å². The molecule has 0 amide bonds. The molecule has 4 aromatic heterocycles. The molecule has 0 N–H and O–H groups in total. The number of nitrogens with zero attached hydrogens (tertiary/aromatic N) is 3. The summed E-state index contributed by atoms with van der Waals surface area (Å²) >= 11 is 0. The van der Waals surface area contributed by atoms with Crippen molar-refractivity contribution in [3.63, 3.8) is 0 Å². The monoisotopic (exact) mass is 653 g/mol. The van der Waals surface area contributed by atoms with Crippen molar-refractivity contribution < 1.29 is 8.83 Å². The van der Waals surface area contributed by atoms with Gasteiger partial charge in [0.05, 0.1) is 22.4 Å². The van der Waals surface area contributed by atoms with E-state index in [9.17, 15) is 0 Å². The minimum absolute atomic E-state index is 0.652. The number of para-hydroxylation sites is 4. The first-order valence-electron chi connectivity index (χ1n) is 17.1. The molecule has 0 saturated heterocycles. The third-order valence-electron chi connectivity index (χ3n) is 10.0. The fraction of sp³-hybridized carbons (Fsp3) is 0. The zero-order chi connectivity index (χ0) is 33.5. The number of aromatic nitrogens is 3. The molecule has 11 aromatic rings. The van der Waals surface area contributed by atoms with Crippen molar-refractivity contribution in [1.29, 1.82) is 0 Å². The quantitative estimate of drug-likeness (QED) is 0.190. The van der Waals surface area contributed by atoms with Crippen LogP contribution >= 0.6 is 0 Å². The highest BCUT2D eigenvalue weighted by atomic mass is 16.3. The summed E-state index contributed by atoms with van der Waals surface area (Å²) in [5, 5.41) is 6.74. The molecule has 0 atom stereocenters. The van der Waals surface area contributed by atoms with Crippen molar-refractivity contribution >= 4 is 65.7 Å². The average molecular weight is 654 g/mol. The van der Waals surface area contributed by atoms with Gasteiger partial charge < -0.3 is 13.4 Å². The van der Waals surface area contributed by atoms with E-state index in [1.165, 1.54) is 10.8 Å². The zero-order valence-electron chi connectivity index (χ0n) is 27.2. The van der Waals surface area contributed by atoms with Crippen LogP contribution in [0, 0.1) is 0 Å². The number of rotatable bonds is 4. The van der Waals surface area contributed by atoms with Crippen molar-refractivity contribution in [1.82, 2.24) is 14.5 Å². The lowest BCUT2D eigenvalue weighted by Gasteiger charge is -2.12. The van der Waals surface area contributed by atoms with E-state index < -0.39 is 0 Å². The molecule has 0 bridgehead atoms. The van der Waals surface area contributed by atoms with Gasteiger partial charge in [-0.3, -0.25) is 0 Å². The molecule has 238 valence electrons. The lowest BCUT2D eigenvalue weighted by atomic mass is 10.0. The molecule has 0 fully saturated rings. The lowest BCUT2D eigenvalue weighted by Crippen LogP contribution is -1.98. The van der Waals surface area contributed by atoms with Crippen molar-refractivity contribution in [3.8, 4) is 39.6 Å². The van der Waals surface area contributed by atoms with E-state index in [-0.39, 0.29) is 0 Å². The second kappa shape index (κ2) is 10.8. The molecular formula is C46H27N3O2. The fourth-order valence-electron chi connectivity index (χ4n) is 7.63. The van der Waals surface area contributed by atoms with Crippen LogP contribution in [0.4, 0.5) is 0 Å². The number of benzene rings is 7. The second-order valence-electron chi connectivity index (χ2n) is 13.0. The number of hydrogen-bond donors (Lipinski definition) is 0. The van der Waals surface area contributed by atoms with Gasteiger partial charge in [0.1, 0.15) is 22.3 Å². The molecule has 11 rings (SSSR count). The van der Waals surface area contributed by atoms with Gasteiger partial charge in [-0.15, -0.1) is 0 Å². The van der Waals surface area contributed by atoms with E-state index in [1.807, 2.05) is 48.5 Å². The van der Waals surface area contributed by atoms with E-state index in [1.54, 1.807) is 0 Å². The summed E-state index contributed by atoms with van der Waals surface area (Å²) in [6.07, 6.45) is 0. The third-order valence-corrected chi connectivity index (χ3v) is 10.0. The number of fused-ring (bicyclic) bond motifs is 9. The van der Waals surface area contributed by atoms with Gasteiger partial charge in [0.25, 0.3) is 0 Å². The molecule has 4 heterocycles. The molecule has 0 aliphatic rings. The fourth-order valence-corrected chi connectivity index (χ4v) is 7.63. The van der Waals surface area contributed by atoms with Crippen LogP contribution in [-0.2, 0) is 0 Å². The maximum atomic E-state index is 6.16. The average Bonchev–Trinajstić information content (AvgIpc) is 3.87. The van der Waals surface area contributed by atoms with Crippen molar-refractivity contribution in [2.75, 3.05) is 0 Å². The highest BCUT2D eigenvalue weighted by Crippen LogP contribution is 2.37. The Kier molecular flexibility index (Phi) is 5.89. The Hall–Kier alpha value is -6.98. The Morgan fingerprint density at radius 2 is 0.843 bits per heavy atom. The van der Waals surface area contributed by atoms with Gasteiger partial charge in [-0.05, 0) is 78.9 Å². The predicted octanol–water partition coefficient (Wildman–Crippen LogP) is 12.4. The van der Waals surface area contributed by atoms with Crippen LogP contribution < -0.4 is 0 Å². The highest BCUT2D eigenvalue weighted by molar-refractivity contribution is 6.10. The third kappa shape index (κ3) is 4.35. The number of furan rings is 2. The molecule has 0 saturated carbocycles. The molecule has 51 heavy (non-hydrogen) atoms. The van der Waals surface area contributed by atoms with Gasteiger partial charge >= 0.3 is 0 Å². The molecule has 0 radical (unpaired) electrons. The summed E-state index contributed by atoms with van der Waals surface area (Å²) in [5.74, 6) is 0.652. The molecular weight excluding hydrogens is 627 g/mol. The van der Waals surface area contributed by atoms with Crippen LogP contribution in [0.5, 0.6) is 0 Å². The van der Waals surface area contributed by atoms with Crippen LogP contribution in [0.1, 0.15) is 0 Å². The minimum Gasteiger partial charge on any atom is -0.456 e. The highest BCUT2D eigenvalue weighted by Gasteiger charge is 2.17. The Labute approximate surface area is 291 Å². The zero-order valence-corrected chi connectivity index (χ0v) is 27.2. The van der Waals surface area contributed by atoms with Crippen LogP contribution in [0.25, 0.3) is 105 Å².